The van der Waals surface area contributed by atoms with Crippen molar-refractivity contribution >= 4 is 12.1 Å². The van der Waals surface area contributed by atoms with Gasteiger partial charge < -0.3 is 14.4 Å². The number of ether oxygens (including phenoxy) is 2. The summed E-state index contributed by atoms with van der Waals surface area (Å²) in [6.45, 7) is 6.54. The molecular formula is C19H27FN2O4. The number of rotatable bonds is 5. The van der Waals surface area contributed by atoms with Gasteiger partial charge in [0.1, 0.15) is 11.9 Å². The molecule has 1 atom stereocenters. The van der Waals surface area contributed by atoms with Gasteiger partial charge in [0, 0.05) is 26.2 Å². The van der Waals surface area contributed by atoms with Gasteiger partial charge in [0.15, 0.2) is 0 Å². The van der Waals surface area contributed by atoms with E-state index in [4.69, 9.17) is 9.47 Å². The maximum Gasteiger partial charge on any atom is 0.409 e. The van der Waals surface area contributed by atoms with E-state index in [0.717, 1.165) is 0 Å². The fourth-order valence-corrected chi connectivity index (χ4v) is 2.96. The van der Waals surface area contributed by atoms with E-state index in [9.17, 15) is 14.0 Å². The summed E-state index contributed by atoms with van der Waals surface area (Å²) >= 11 is 0. The molecule has 0 radical (unpaired) electrons. The quantitative estimate of drug-likeness (QED) is 0.750. The number of nitrogens with zero attached hydrogens (tertiary/aromatic N) is 2. The highest BCUT2D eigenvalue weighted by Gasteiger charge is 2.31. The van der Waals surface area contributed by atoms with Gasteiger partial charge in [0.05, 0.1) is 13.7 Å². The van der Waals surface area contributed by atoms with Crippen LogP contribution in [0.25, 0.3) is 0 Å². The molecule has 0 N–H and O–H groups in total. The minimum absolute atomic E-state index is 0.282. The van der Waals surface area contributed by atoms with E-state index in [2.05, 4.69) is 0 Å². The SMILES string of the molecule is COC(=O)C(c1ccc(F)cc1)N1CCCN(C(=O)OCC(C)C)CC1. The van der Waals surface area contributed by atoms with Crippen LogP contribution in [0, 0.1) is 11.7 Å². The number of carbonyl (C=O) groups excluding carboxylic acids is 2. The predicted octanol–water partition coefficient (Wildman–Crippen LogP) is 2.84. The molecule has 0 saturated carbocycles. The van der Waals surface area contributed by atoms with E-state index in [1.165, 1.54) is 19.2 Å². The minimum atomic E-state index is -0.618. The number of esters is 1. The topological polar surface area (TPSA) is 59.1 Å². The molecule has 0 bridgehead atoms. The largest absolute Gasteiger partial charge is 0.468 e. The molecule has 1 heterocycles. The van der Waals surface area contributed by atoms with E-state index >= 15 is 0 Å². The third kappa shape index (κ3) is 5.42. The second-order valence-corrected chi connectivity index (χ2v) is 6.82. The van der Waals surface area contributed by atoms with Crippen LogP contribution in [0.1, 0.15) is 31.9 Å². The lowest BCUT2D eigenvalue weighted by atomic mass is 10.0. The first-order valence-corrected chi connectivity index (χ1v) is 8.91. The first-order valence-electron chi connectivity index (χ1n) is 8.91. The van der Waals surface area contributed by atoms with Gasteiger partial charge in [-0.2, -0.15) is 0 Å². The number of carbonyl (C=O) groups is 2. The molecule has 6 nitrogen and oxygen atoms in total. The highest BCUT2D eigenvalue weighted by molar-refractivity contribution is 5.77. The highest BCUT2D eigenvalue weighted by Crippen LogP contribution is 2.24. The summed E-state index contributed by atoms with van der Waals surface area (Å²) in [5.74, 6) is -0.468. The number of hydrogen-bond acceptors (Lipinski definition) is 5. The number of hydrogen-bond donors (Lipinski definition) is 0. The summed E-state index contributed by atoms with van der Waals surface area (Å²) in [7, 11) is 1.34. The summed E-state index contributed by atoms with van der Waals surface area (Å²) in [6, 6.07) is 5.23. The fourth-order valence-electron chi connectivity index (χ4n) is 2.96. The van der Waals surface area contributed by atoms with Crippen LogP contribution >= 0.6 is 0 Å². The number of halogens is 1. The molecule has 0 aromatic heterocycles. The molecule has 2 rings (SSSR count). The van der Waals surface area contributed by atoms with Crippen molar-refractivity contribution < 1.29 is 23.5 Å². The maximum atomic E-state index is 13.2. The average Bonchev–Trinajstić information content (AvgIpc) is 2.87. The molecule has 1 unspecified atom stereocenters. The molecule has 1 saturated heterocycles. The normalized spacial score (nSPS) is 16.9. The molecule has 144 valence electrons. The van der Waals surface area contributed by atoms with Crippen molar-refractivity contribution in [2.24, 2.45) is 5.92 Å². The molecule has 1 aromatic rings. The van der Waals surface area contributed by atoms with Crippen LogP contribution in [0.15, 0.2) is 24.3 Å². The molecule has 7 heteroatoms. The van der Waals surface area contributed by atoms with E-state index in [1.54, 1.807) is 17.0 Å². The molecule has 1 fully saturated rings. The Kier molecular flexibility index (Phi) is 7.38. The Bertz CT molecular complexity index is 606. The lowest BCUT2D eigenvalue weighted by Gasteiger charge is -2.29. The lowest BCUT2D eigenvalue weighted by molar-refractivity contribution is -0.147. The summed E-state index contributed by atoms with van der Waals surface area (Å²) in [4.78, 5) is 28.2. The first-order chi connectivity index (χ1) is 12.4. The molecule has 1 amide bonds. The molecular weight excluding hydrogens is 339 g/mol. The van der Waals surface area contributed by atoms with Gasteiger partial charge in [0.25, 0.3) is 0 Å². The van der Waals surface area contributed by atoms with E-state index in [0.29, 0.717) is 44.8 Å². The molecule has 0 aliphatic carbocycles. The summed E-state index contributed by atoms with van der Waals surface area (Å²) in [5, 5.41) is 0. The first kappa shape index (κ1) is 20.2. The van der Waals surface area contributed by atoms with Gasteiger partial charge in [-0.3, -0.25) is 4.90 Å². The molecule has 1 aliphatic heterocycles. The Morgan fingerprint density at radius 2 is 1.81 bits per heavy atom. The van der Waals surface area contributed by atoms with Crippen molar-refractivity contribution in [1.82, 2.24) is 9.80 Å². The van der Waals surface area contributed by atoms with Crippen LogP contribution < -0.4 is 0 Å². The Hall–Kier alpha value is -2.15. The summed E-state index contributed by atoms with van der Waals surface area (Å²) < 4.78 is 23.5. The zero-order chi connectivity index (χ0) is 19.1. The van der Waals surface area contributed by atoms with Crippen molar-refractivity contribution in [2.45, 2.75) is 26.3 Å². The Morgan fingerprint density at radius 3 is 2.42 bits per heavy atom. The third-order valence-corrected chi connectivity index (χ3v) is 4.30. The molecule has 1 aliphatic rings. The van der Waals surface area contributed by atoms with Gasteiger partial charge in [-0.05, 0) is 30.0 Å². The van der Waals surface area contributed by atoms with Crippen LogP contribution in [0.3, 0.4) is 0 Å². The van der Waals surface area contributed by atoms with Crippen molar-refractivity contribution in [3.05, 3.63) is 35.6 Å². The Morgan fingerprint density at radius 1 is 1.12 bits per heavy atom. The summed E-state index contributed by atoms with van der Waals surface area (Å²) in [5.41, 5.74) is 0.675. The van der Waals surface area contributed by atoms with Crippen LogP contribution in [-0.2, 0) is 14.3 Å². The van der Waals surface area contributed by atoms with Gasteiger partial charge in [-0.25, -0.2) is 14.0 Å². The monoisotopic (exact) mass is 366 g/mol. The lowest BCUT2D eigenvalue weighted by Crippen LogP contribution is -2.39. The third-order valence-electron chi connectivity index (χ3n) is 4.30. The van der Waals surface area contributed by atoms with Crippen LogP contribution in [0.4, 0.5) is 9.18 Å². The standard InChI is InChI=1S/C19H27FN2O4/c1-14(2)13-26-19(24)22-10-4-9-21(11-12-22)17(18(23)25-3)15-5-7-16(20)8-6-15/h5-8,14,17H,4,9-13H2,1-3H3. The van der Waals surface area contributed by atoms with Crippen molar-refractivity contribution in [1.29, 1.82) is 0 Å². The smallest absolute Gasteiger partial charge is 0.409 e. The minimum Gasteiger partial charge on any atom is -0.468 e. The van der Waals surface area contributed by atoms with Crippen molar-refractivity contribution in [3.63, 3.8) is 0 Å². The van der Waals surface area contributed by atoms with E-state index in [-0.39, 0.29) is 17.8 Å². The van der Waals surface area contributed by atoms with Gasteiger partial charge in [-0.15, -0.1) is 0 Å². The van der Waals surface area contributed by atoms with Crippen molar-refractivity contribution in [3.8, 4) is 0 Å². The molecule has 0 spiro atoms. The summed E-state index contributed by atoms with van der Waals surface area (Å²) in [6.07, 6.45) is 0.391. The fraction of sp³-hybridized carbons (Fsp3) is 0.579. The van der Waals surface area contributed by atoms with E-state index in [1.807, 2.05) is 18.7 Å². The van der Waals surface area contributed by atoms with E-state index < -0.39 is 12.0 Å². The Balaban J connectivity index is 2.07. The molecule has 1 aromatic carbocycles. The van der Waals surface area contributed by atoms with Gasteiger partial charge in [-0.1, -0.05) is 26.0 Å². The Labute approximate surface area is 153 Å². The zero-order valence-corrected chi connectivity index (χ0v) is 15.6. The number of amides is 1. The average molecular weight is 366 g/mol. The highest BCUT2D eigenvalue weighted by atomic mass is 19.1. The van der Waals surface area contributed by atoms with Crippen LogP contribution in [-0.4, -0.2) is 61.8 Å². The molecule has 26 heavy (non-hydrogen) atoms. The second kappa shape index (κ2) is 9.52. The maximum absolute atomic E-state index is 13.2. The van der Waals surface area contributed by atoms with Gasteiger partial charge in [0.2, 0.25) is 0 Å². The number of methoxy groups -OCH3 is 1. The predicted molar refractivity (Wildman–Crippen MR) is 95.1 cm³/mol. The zero-order valence-electron chi connectivity index (χ0n) is 15.6. The second-order valence-electron chi connectivity index (χ2n) is 6.82. The van der Waals surface area contributed by atoms with Crippen LogP contribution in [0.5, 0.6) is 0 Å². The van der Waals surface area contributed by atoms with Crippen molar-refractivity contribution in [2.75, 3.05) is 39.9 Å². The number of benzene rings is 1. The van der Waals surface area contributed by atoms with Crippen LogP contribution in [0.2, 0.25) is 0 Å². The van der Waals surface area contributed by atoms with Gasteiger partial charge >= 0.3 is 12.1 Å².